The molecule has 4 aromatic carbocycles. The summed E-state index contributed by atoms with van der Waals surface area (Å²) in [6.45, 7) is 0. The minimum Gasteiger partial charge on any atom is -0.143 e. The Morgan fingerprint density at radius 1 is 0.476 bits per heavy atom. The van der Waals surface area contributed by atoms with Gasteiger partial charge in [-0.2, -0.15) is 0 Å². The van der Waals surface area contributed by atoms with Crippen LogP contribution in [0, 0.1) is 0 Å². The molecule has 5 rings (SSSR count). The van der Waals surface area contributed by atoms with Crippen LogP contribution in [0.5, 0.6) is 0 Å². The molecule has 5 aromatic rings. The smallest absolute Gasteiger partial charge is 0.0421 e. The Hall–Kier alpha value is -2.38. The van der Waals surface area contributed by atoms with Crippen LogP contribution in [0.2, 0.25) is 0 Å². The number of thiophene rings is 1. The fraction of sp³-hybridized carbons (Fsp3) is 0. The summed E-state index contributed by atoms with van der Waals surface area (Å²) in [6, 6.07) is 24.4. The topological polar surface area (TPSA) is 0 Å². The van der Waals surface area contributed by atoms with Gasteiger partial charge in [0.2, 0.25) is 0 Å². The first-order valence-corrected chi connectivity index (χ1v) is 8.00. The van der Waals surface area contributed by atoms with Gasteiger partial charge in [0.25, 0.3) is 0 Å². The molecule has 0 N–H and O–H groups in total. The van der Waals surface area contributed by atoms with Gasteiger partial charge in [-0.15, -0.1) is 11.3 Å². The van der Waals surface area contributed by atoms with Crippen LogP contribution in [0.25, 0.3) is 42.4 Å². The predicted molar refractivity (Wildman–Crippen MR) is 94.3 cm³/mol. The molecule has 0 bridgehead atoms. The number of fused-ring (bicyclic) bond motifs is 7. The first-order chi connectivity index (χ1) is 10.4. The third-order valence-corrected chi connectivity index (χ3v) is 5.30. The highest BCUT2D eigenvalue weighted by atomic mass is 32.1. The molecule has 98 valence electrons. The Kier molecular flexibility index (Phi) is 2.18. The van der Waals surface area contributed by atoms with E-state index in [0.29, 0.717) is 0 Å². The van der Waals surface area contributed by atoms with Crippen molar-refractivity contribution in [2.24, 2.45) is 0 Å². The Morgan fingerprint density at radius 3 is 2.10 bits per heavy atom. The van der Waals surface area contributed by atoms with Gasteiger partial charge in [0.15, 0.2) is 0 Å². The van der Waals surface area contributed by atoms with Gasteiger partial charge in [0.1, 0.15) is 0 Å². The number of rotatable bonds is 0. The molecule has 0 unspecified atom stereocenters. The van der Waals surface area contributed by atoms with Gasteiger partial charge in [-0.25, -0.2) is 0 Å². The zero-order valence-electron chi connectivity index (χ0n) is 11.3. The number of hydrogen-bond donors (Lipinski definition) is 0. The molecular weight excluding hydrogens is 272 g/mol. The maximum absolute atomic E-state index is 2.28. The van der Waals surface area contributed by atoms with E-state index in [-0.39, 0.29) is 0 Å². The molecule has 0 aliphatic heterocycles. The summed E-state index contributed by atoms with van der Waals surface area (Å²) in [4.78, 5) is 0. The molecule has 0 amide bonds. The Balaban J connectivity index is 2.07. The molecule has 0 nitrogen and oxygen atoms in total. The van der Waals surface area contributed by atoms with Crippen molar-refractivity contribution in [1.82, 2.24) is 0 Å². The quantitative estimate of drug-likeness (QED) is 0.290. The summed E-state index contributed by atoms with van der Waals surface area (Å²) in [7, 11) is 0. The minimum absolute atomic E-state index is 1.31. The second-order valence-electron chi connectivity index (χ2n) is 5.45. The summed E-state index contributed by atoms with van der Waals surface area (Å²) in [5.41, 5.74) is 0. The normalized spacial score (nSPS) is 11.8. The lowest BCUT2D eigenvalue weighted by atomic mass is 9.97. The summed E-state index contributed by atoms with van der Waals surface area (Å²) >= 11 is 1.83. The van der Waals surface area contributed by atoms with Crippen molar-refractivity contribution in [3.63, 3.8) is 0 Å². The van der Waals surface area contributed by atoms with Gasteiger partial charge in [-0.3, -0.25) is 0 Å². The second-order valence-corrected chi connectivity index (χ2v) is 6.36. The first-order valence-electron chi connectivity index (χ1n) is 7.12. The minimum atomic E-state index is 1.31. The lowest BCUT2D eigenvalue weighted by Crippen LogP contribution is -1.80. The van der Waals surface area contributed by atoms with E-state index in [0.717, 1.165) is 0 Å². The van der Waals surface area contributed by atoms with Gasteiger partial charge in [-0.05, 0) is 43.8 Å². The third kappa shape index (κ3) is 1.50. The van der Waals surface area contributed by atoms with Crippen LogP contribution in [-0.2, 0) is 0 Å². The Labute approximate surface area is 126 Å². The fourth-order valence-corrected chi connectivity index (χ4v) is 4.26. The molecule has 0 saturated heterocycles. The largest absolute Gasteiger partial charge is 0.143 e. The number of hydrogen-bond acceptors (Lipinski definition) is 1. The van der Waals surface area contributed by atoms with Gasteiger partial charge in [0.05, 0.1) is 0 Å². The van der Waals surface area contributed by atoms with Crippen LogP contribution in [0.1, 0.15) is 0 Å². The fourth-order valence-electron chi connectivity index (χ4n) is 3.33. The zero-order valence-corrected chi connectivity index (χ0v) is 12.2. The SMILES string of the molecule is c1ccc2c(c1)ccc1c2ccc2c1ccc1ccsc12. The Bertz CT molecular complexity index is 1130. The van der Waals surface area contributed by atoms with E-state index in [1.807, 2.05) is 11.3 Å². The van der Waals surface area contributed by atoms with Crippen molar-refractivity contribution >= 4 is 53.7 Å². The van der Waals surface area contributed by atoms with Gasteiger partial charge < -0.3 is 0 Å². The summed E-state index contributed by atoms with van der Waals surface area (Å²) in [5.74, 6) is 0. The first kappa shape index (κ1) is 11.3. The van der Waals surface area contributed by atoms with Crippen molar-refractivity contribution in [3.05, 3.63) is 72.1 Å². The molecule has 0 saturated carbocycles. The molecule has 1 heterocycles. The Morgan fingerprint density at radius 2 is 1.14 bits per heavy atom. The van der Waals surface area contributed by atoms with E-state index in [2.05, 4.69) is 72.1 Å². The average Bonchev–Trinajstić information content (AvgIpc) is 3.03. The van der Waals surface area contributed by atoms with E-state index in [9.17, 15) is 0 Å². The van der Waals surface area contributed by atoms with Gasteiger partial charge in [0, 0.05) is 10.1 Å². The molecule has 21 heavy (non-hydrogen) atoms. The molecule has 0 spiro atoms. The molecule has 0 atom stereocenters. The van der Waals surface area contributed by atoms with Crippen molar-refractivity contribution in [3.8, 4) is 0 Å². The summed E-state index contributed by atoms with van der Waals surface area (Å²) < 4.78 is 1.39. The van der Waals surface area contributed by atoms with Crippen LogP contribution in [0.3, 0.4) is 0 Å². The maximum Gasteiger partial charge on any atom is 0.0421 e. The molecule has 0 aliphatic carbocycles. The van der Waals surface area contributed by atoms with Crippen molar-refractivity contribution < 1.29 is 0 Å². The van der Waals surface area contributed by atoms with E-state index >= 15 is 0 Å². The highest BCUT2D eigenvalue weighted by molar-refractivity contribution is 7.18. The monoisotopic (exact) mass is 284 g/mol. The van der Waals surface area contributed by atoms with Crippen molar-refractivity contribution in [1.29, 1.82) is 0 Å². The molecule has 1 heteroatoms. The lowest BCUT2D eigenvalue weighted by Gasteiger charge is -2.08. The van der Waals surface area contributed by atoms with Gasteiger partial charge >= 0.3 is 0 Å². The van der Waals surface area contributed by atoms with Crippen LogP contribution in [0.15, 0.2) is 72.1 Å². The van der Waals surface area contributed by atoms with Crippen LogP contribution in [0.4, 0.5) is 0 Å². The van der Waals surface area contributed by atoms with Crippen LogP contribution >= 0.6 is 11.3 Å². The summed E-state index contributed by atoms with van der Waals surface area (Å²) in [5, 5.41) is 11.6. The van der Waals surface area contributed by atoms with Crippen LogP contribution < -0.4 is 0 Å². The highest BCUT2D eigenvalue weighted by Crippen LogP contribution is 2.36. The maximum atomic E-state index is 2.28. The van der Waals surface area contributed by atoms with E-state index < -0.39 is 0 Å². The third-order valence-electron chi connectivity index (χ3n) is 4.34. The van der Waals surface area contributed by atoms with E-state index in [1.165, 1.54) is 42.4 Å². The predicted octanol–water partition coefficient (Wildman–Crippen LogP) is 6.36. The van der Waals surface area contributed by atoms with E-state index in [4.69, 9.17) is 0 Å². The van der Waals surface area contributed by atoms with Crippen molar-refractivity contribution in [2.75, 3.05) is 0 Å². The summed E-state index contributed by atoms with van der Waals surface area (Å²) in [6.07, 6.45) is 0. The lowest BCUT2D eigenvalue weighted by molar-refractivity contribution is 1.79. The number of benzene rings is 4. The second kappa shape index (κ2) is 4.06. The molecule has 0 aliphatic rings. The zero-order chi connectivity index (χ0) is 13.8. The molecule has 0 radical (unpaired) electrons. The molecular formula is C20H12S. The standard InChI is InChI=1S/C20H12S/c1-2-4-15-13(3-1)5-7-17-16(15)9-10-19-18(17)8-6-14-11-12-21-20(14)19/h1-12H. The van der Waals surface area contributed by atoms with Crippen LogP contribution in [-0.4, -0.2) is 0 Å². The van der Waals surface area contributed by atoms with E-state index in [1.54, 1.807) is 0 Å². The van der Waals surface area contributed by atoms with Gasteiger partial charge in [-0.1, -0.05) is 60.7 Å². The average molecular weight is 284 g/mol. The van der Waals surface area contributed by atoms with Crippen molar-refractivity contribution in [2.45, 2.75) is 0 Å². The molecule has 1 aromatic heterocycles. The molecule has 0 fully saturated rings. The highest BCUT2D eigenvalue weighted by Gasteiger charge is 2.07.